The Kier molecular flexibility index (Phi) is 3.39. The first-order valence-electron chi connectivity index (χ1n) is 7.27. The Hall–Kier alpha value is -3.00. The van der Waals surface area contributed by atoms with Crippen molar-refractivity contribution in [1.29, 1.82) is 0 Å². The van der Waals surface area contributed by atoms with Crippen molar-refractivity contribution in [2.75, 3.05) is 13.1 Å². The van der Waals surface area contributed by atoms with Crippen LogP contribution in [0, 0.1) is 0 Å². The highest BCUT2D eigenvalue weighted by molar-refractivity contribution is 7.03. The van der Waals surface area contributed by atoms with E-state index >= 15 is 0 Å². The minimum atomic E-state index is -0.512. The second-order valence-electron chi connectivity index (χ2n) is 5.43. The summed E-state index contributed by atoms with van der Waals surface area (Å²) in [4.78, 5) is 38.4. The van der Waals surface area contributed by atoms with E-state index in [1.165, 1.54) is 11.5 Å². The zero-order valence-corrected chi connectivity index (χ0v) is 13.2. The number of aromatic nitrogens is 1. The van der Waals surface area contributed by atoms with E-state index in [9.17, 15) is 14.4 Å². The molecule has 0 spiro atoms. The Morgan fingerprint density at radius 2 is 1.92 bits per heavy atom. The highest BCUT2D eigenvalue weighted by Gasteiger charge is 2.36. The third-order valence-electron chi connectivity index (χ3n) is 3.84. The van der Waals surface area contributed by atoms with Crippen molar-refractivity contribution in [3.05, 3.63) is 51.3 Å². The highest BCUT2D eigenvalue weighted by Crippen LogP contribution is 2.20. The summed E-state index contributed by atoms with van der Waals surface area (Å²) in [6.07, 6.45) is 5.58. The van der Waals surface area contributed by atoms with Crippen molar-refractivity contribution in [3.63, 3.8) is 0 Å². The molecule has 0 unspecified atom stereocenters. The molecular weight excluding hydrogens is 328 g/mol. The minimum Gasteiger partial charge on any atom is -0.364 e. The van der Waals surface area contributed by atoms with E-state index in [-0.39, 0.29) is 6.54 Å². The number of hydrazine groups is 1. The van der Waals surface area contributed by atoms with Crippen LogP contribution in [0.15, 0.2) is 30.5 Å². The zero-order chi connectivity index (χ0) is 16.7. The van der Waals surface area contributed by atoms with E-state index in [1.807, 2.05) is 12.3 Å². The highest BCUT2D eigenvalue weighted by atomic mass is 32.1. The molecule has 4 rings (SSSR count). The summed E-state index contributed by atoms with van der Waals surface area (Å²) in [6.45, 7) is 0.615. The number of rotatable bonds is 3. The molecule has 0 fully saturated rings. The molecule has 120 valence electrons. The van der Waals surface area contributed by atoms with Gasteiger partial charge in [0.25, 0.3) is 17.7 Å². The number of nitrogens with one attached hydrogen (secondary N) is 1. The molecule has 3 amide bonds. The molecular formula is C16H12N4O3S. The molecule has 2 aromatic rings. The van der Waals surface area contributed by atoms with E-state index in [0.29, 0.717) is 17.7 Å². The molecule has 1 aromatic heterocycles. The maximum absolute atomic E-state index is 12.2. The average molecular weight is 340 g/mol. The SMILES string of the molecule is O=C(CN1C=c2cnsc2=CC1)NN1C(=O)c2ccccc2C1=O. The summed E-state index contributed by atoms with van der Waals surface area (Å²) >= 11 is 1.40. The number of hydrogen-bond acceptors (Lipinski definition) is 6. The lowest BCUT2D eigenvalue weighted by molar-refractivity contribution is -0.124. The first kappa shape index (κ1) is 14.6. The Morgan fingerprint density at radius 3 is 2.62 bits per heavy atom. The van der Waals surface area contributed by atoms with E-state index < -0.39 is 17.7 Å². The van der Waals surface area contributed by atoms with Gasteiger partial charge in [-0.1, -0.05) is 12.1 Å². The fraction of sp³-hybridized carbons (Fsp3) is 0.125. The molecule has 0 saturated heterocycles. The summed E-state index contributed by atoms with van der Waals surface area (Å²) in [5.74, 6) is -1.45. The van der Waals surface area contributed by atoms with Crippen LogP contribution in [0.4, 0.5) is 0 Å². The van der Waals surface area contributed by atoms with Gasteiger partial charge in [0, 0.05) is 24.2 Å². The fourth-order valence-electron chi connectivity index (χ4n) is 2.70. The van der Waals surface area contributed by atoms with Crippen LogP contribution in [0.3, 0.4) is 0 Å². The molecule has 3 heterocycles. The van der Waals surface area contributed by atoms with Gasteiger partial charge in [-0.25, -0.2) is 0 Å². The molecule has 8 heteroatoms. The summed E-state index contributed by atoms with van der Waals surface area (Å²) in [5.41, 5.74) is 3.00. The molecule has 0 saturated carbocycles. The lowest BCUT2D eigenvalue weighted by atomic mass is 10.1. The van der Waals surface area contributed by atoms with Crippen LogP contribution in [0.2, 0.25) is 0 Å². The van der Waals surface area contributed by atoms with Crippen molar-refractivity contribution in [2.24, 2.45) is 0 Å². The first-order chi connectivity index (χ1) is 11.6. The largest absolute Gasteiger partial charge is 0.364 e. The Bertz CT molecular complexity index is 946. The molecule has 2 aliphatic rings. The van der Waals surface area contributed by atoms with Gasteiger partial charge in [0.05, 0.1) is 22.2 Å². The number of amides is 3. The van der Waals surface area contributed by atoms with Gasteiger partial charge in [-0.2, -0.15) is 9.38 Å². The van der Waals surface area contributed by atoms with Crippen molar-refractivity contribution in [2.45, 2.75) is 0 Å². The molecule has 2 aliphatic heterocycles. The smallest absolute Gasteiger partial charge is 0.280 e. The molecule has 0 bridgehead atoms. The van der Waals surface area contributed by atoms with Crippen LogP contribution in [-0.4, -0.2) is 45.1 Å². The predicted molar refractivity (Wildman–Crippen MR) is 87.0 cm³/mol. The van der Waals surface area contributed by atoms with Crippen LogP contribution in [0.5, 0.6) is 0 Å². The maximum Gasteiger partial charge on any atom is 0.280 e. The summed E-state index contributed by atoms with van der Waals surface area (Å²) in [5, 5.41) is 1.73. The zero-order valence-electron chi connectivity index (χ0n) is 12.4. The third-order valence-corrected chi connectivity index (χ3v) is 4.65. The van der Waals surface area contributed by atoms with Crippen molar-refractivity contribution in [3.8, 4) is 0 Å². The predicted octanol–water partition coefficient (Wildman–Crippen LogP) is -0.695. The van der Waals surface area contributed by atoms with Crippen molar-refractivity contribution in [1.82, 2.24) is 19.7 Å². The number of imide groups is 1. The van der Waals surface area contributed by atoms with Gasteiger partial charge in [0.1, 0.15) is 0 Å². The summed E-state index contributed by atoms with van der Waals surface area (Å²) in [7, 11) is 0. The van der Waals surface area contributed by atoms with Gasteiger partial charge in [-0.15, -0.1) is 0 Å². The fourth-order valence-corrected chi connectivity index (χ4v) is 3.34. The number of carbonyl (C=O) groups is 3. The summed E-state index contributed by atoms with van der Waals surface area (Å²) in [6, 6.07) is 6.50. The van der Waals surface area contributed by atoms with Crippen LogP contribution >= 0.6 is 11.5 Å². The number of carbonyl (C=O) groups excluding carboxylic acids is 3. The second-order valence-corrected chi connectivity index (χ2v) is 6.27. The monoisotopic (exact) mass is 340 g/mol. The molecule has 24 heavy (non-hydrogen) atoms. The normalized spacial score (nSPS) is 15.5. The van der Waals surface area contributed by atoms with Gasteiger partial charge in [0.2, 0.25) is 0 Å². The minimum absolute atomic E-state index is 0.0409. The Morgan fingerprint density at radius 1 is 1.21 bits per heavy atom. The lowest BCUT2D eigenvalue weighted by Crippen LogP contribution is -2.49. The van der Waals surface area contributed by atoms with Crippen LogP contribution in [0.1, 0.15) is 20.7 Å². The maximum atomic E-state index is 12.2. The van der Waals surface area contributed by atoms with Gasteiger partial charge >= 0.3 is 0 Å². The first-order valence-corrected chi connectivity index (χ1v) is 8.05. The average Bonchev–Trinajstić information content (AvgIpc) is 3.14. The molecule has 1 aromatic carbocycles. The molecule has 0 atom stereocenters. The number of fused-ring (bicyclic) bond motifs is 2. The van der Waals surface area contributed by atoms with Gasteiger partial charge < -0.3 is 4.90 Å². The van der Waals surface area contributed by atoms with Crippen molar-refractivity contribution >= 4 is 41.5 Å². The van der Waals surface area contributed by atoms with Crippen LogP contribution in [0.25, 0.3) is 12.3 Å². The van der Waals surface area contributed by atoms with E-state index in [0.717, 1.165) is 14.8 Å². The molecule has 1 N–H and O–H groups in total. The Labute approximate surface area is 140 Å². The van der Waals surface area contributed by atoms with E-state index in [1.54, 1.807) is 35.4 Å². The number of benzene rings is 1. The standard InChI is InChI=1S/C16H12N4O3S/c21-14(9-19-6-5-13-10(8-19)7-17-24-13)18-20-15(22)11-3-1-2-4-12(11)16(20)23/h1-5,7-8H,6,9H2,(H,18,21). The number of hydrogen-bond donors (Lipinski definition) is 1. The topological polar surface area (TPSA) is 82.6 Å². The van der Waals surface area contributed by atoms with Gasteiger partial charge in [0.15, 0.2) is 0 Å². The van der Waals surface area contributed by atoms with Crippen molar-refractivity contribution < 1.29 is 14.4 Å². The van der Waals surface area contributed by atoms with Crippen LogP contribution in [-0.2, 0) is 4.79 Å². The number of nitrogens with zero attached hydrogens (tertiary/aromatic N) is 3. The summed E-state index contributed by atoms with van der Waals surface area (Å²) < 4.78 is 5.17. The second kappa shape index (κ2) is 5.57. The molecule has 0 aliphatic carbocycles. The Balaban J connectivity index is 1.46. The van der Waals surface area contributed by atoms with Crippen LogP contribution < -0.4 is 15.2 Å². The van der Waals surface area contributed by atoms with Gasteiger partial charge in [-0.3, -0.25) is 19.8 Å². The third kappa shape index (κ3) is 2.37. The van der Waals surface area contributed by atoms with Gasteiger partial charge in [-0.05, 0) is 29.7 Å². The van der Waals surface area contributed by atoms with E-state index in [4.69, 9.17) is 0 Å². The quantitative estimate of drug-likeness (QED) is 0.748. The lowest BCUT2D eigenvalue weighted by Gasteiger charge is -2.21. The molecule has 7 nitrogen and oxygen atoms in total. The van der Waals surface area contributed by atoms with E-state index in [2.05, 4.69) is 9.80 Å². The molecule has 0 radical (unpaired) electrons.